The summed E-state index contributed by atoms with van der Waals surface area (Å²) in [6.07, 6.45) is 2.99. The van der Waals surface area contributed by atoms with Crippen LogP contribution in [0.2, 0.25) is 0 Å². The van der Waals surface area contributed by atoms with Gasteiger partial charge in [0.15, 0.2) is 0 Å². The van der Waals surface area contributed by atoms with Crippen molar-refractivity contribution in [3.05, 3.63) is 35.3 Å². The van der Waals surface area contributed by atoms with Crippen molar-refractivity contribution in [1.29, 1.82) is 0 Å². The van der Waals surface area contributed by atoms with Crippen LogP contribution in [0, 0.1) is 0 Å². The third kappa shape index (κ3) is 4.96. The van der Waals surface area contributed by atoms with Gasteiger partial charge in [0.05, 0.1) is 6.61 Å². The van der Waals surface area contributed by atoms with Crippen molar-refractivity contribution < 1.29 is 9.53 Å². The van der Waals surface area contributed by atoms with Gasteiger partial charge in [-0.05, 0) is 50.6 Å². The Morgan fingerprint density at radius 2 is 2.00 bits per heavy atom. The number of amides is 1. The first kappa shape index (κ1) is 20.7. The Morgan fingerprint density at radius 3 is 2.62 bits per heavy atom. The number of ether oxygens (including phenoxy) is 1. The van der Waals surface area contributed by atoms with Gasteiger partial charge in [0, 0.05) is 30.1 Å². The minimum absolute atomic E-state index is 0. The van der Waals surface area contributed by atoms with Crippen molar-refractivity contribution >= 4 is 29.7 Å². The maximum absolute atomic E-state index is 12.6. The number of hydrogen-bond acceptors (Lipinski definition) is 5. The maximum Gasteiger partial charge on any atom is 0.273 e. The van der Waals surface area contributed by atoms with Crippen LogP contribution in [0.3, 0.4) is 0 Å². The fraction of sp³-hybridized carbons (Fsp3) is 0.474. The Morgan fingerprint density at radius 1 is 1.31 bits per heavy atom. The van der Waals surface area contributed by atoms with Gasteiger partial charge in [-0.3, -0.25) is 4.79 Å². The van der Waals surface area contributed by atoms with E-state index in [0.29, 0.717) is 11.7 Å². The van der Waals surface area contributed by atoms with Crippen molar-refractivity contribution in [3.63, 3.8) is 0 Å². The zero-order chi connectivity index (χ0) is 17.6. The first-order chi connectivity index (χ1) is 12.2. The highest BCUT2D eigenvalue weighted by atomic mass is 35.5. The zero-order valence-corrected chi connectivity index (χ0v) is 16.9. The molecule has 5 nitrogen and oxygen atoms in total. The van der Waals surface area contributed by atoms with Gasteiger partial charge in [0.1, 0.15) is 16.5 Å². The first-order valence-corrected chi connectivity index (χ1v) is 9.74. The van der Waals surface area contributed by atoms with Gasteiger partial charge in [-0.1, -0.05) is 6.92 Å². The van der Waals surface area contributed by atoms with E-state index in [0.717, 1.165) is 55.3 Å². The average molecular weight is 396 g/mol. The maximum atomic E-state index is 12.6. The smallest absolute Gasteiger partial charge is 0.273 e. The lowest BCUT2D eigenvalue weighted by Gasteiger charge is -2.31. The summed E-state index contributed by atoms with van der Waals surface area (Å²) in [5.41, 5.74) is 1.57. The first-order valence-electron chi connectivity index (χ1n) is 8.86. The largest absolute Gasteiger partial charge is 0.494 e. The number of nitrogens with zero attached hydrogens (tertiary/aromatic N) is 2. The molecule has 0 atom stereocenters. The van der Waals surface area contributed by atoms with Gasteiger partial charge in [-0.2, -0.15) is 0 Å². The number of likely N-dealkylation sites (tertiary alicyclic amines) is 1. The Labute approximate surface area is 165 Å². The molecule has 1 fully saturated rings. The van der Waals surface area contributed by atoms with Gasteiger partial charge in [-0.15, -0.1) is 23.7 Å². The number of benzene rings is 1. The summed E-state index contributed by atoms with van der Waals surface area (Å²) in [4.78, 5) is 19.1. The molecule has 0 saturated carbocycles. The predicted molar refractivity (Wildman–Crippen MR) is 109 cm³/mol. The van der Waals surface area contributed by atoms with Crippen LogP contribution in [0.5, 0.6) is 5.75 Å². The molecule has 0 spiro atoms. The van der Waals surface area contributed by atoms with E-state index in [1.165, 1.54) is 11.3 Å². The van der Waals surface area contributed by atoms with Crippen LogP contribution >= 0.6 is 23.7 Å². The fourth-order valence-corrected chi connectivity index (χ4v) is 3.75. The van der Waals surface area contributed by atoms with E-state index < -0.39 is 0 Å². The second kappa shape index (κ2) is 9.90. The van der Waals surface area contributed by atoms with Crippen LogP contribution in [0.25, 0.3) is 10.6 Å². The zero-order valence-electron chi connectivity index (χ0n) is 15.2. The topological polar surface area (TPSA) is 54.5 Å². The lowest BCUT2D eigenvalue weighted by atomic mass is 10.1. The van der Waals surface area contributed by atoms with Crippen LogP contribution in [0.4, 0.5) is 0 Å². The minimum atomic E-state index is 0. The van der Waals surface area contributed by atoms with Gasteiger partial charge >= 0.3 is 0 Å². The molecule has 0 radical (unpaired) electrons. The molecule has 3 rings (SSSR count). The molecule has 1 aliphatic rings. The summed E-state index contributed by atoms with van der Waals surface area (Å²) in [6.45, 7) is 4.39. The highest BCUT2D eigenvalue weighted by Crippen LogP contribution is 2.26. The Bertz CT molecular complexity index is 697. The molecule has 0 unspecified atom stereocenters. The summed E-state index contributed by atoms with van der Waals surface area (Å²) in [5, 5.41) is 6.02. The minimum Gasteiger partial charge on any atom is -0.494 e. The molecule has 7 heteroatoms. The van der Waals surface area contributed by atoms with Gasteiger partial charge in [0.25, 0.3) is 5.91 Å². The van der Waals surface area contributed by atoms with Gasteiger partial charge in [0.2, 0.25) is 0 Å². The molecule has 2 aromatic rings. The Kier molecular flexibility index (Phi) is 7.87. The summed E-state index contributed by atoms with van der Waals surface area (Å²) in [5.74, 6) is 0.908. The molecule has 0 aliphatic carbocycles. The van der Waals surface area contributed by atoms with E-state index in [9.17, 15) is 4.79 Å². The second-order valence-corrected chi connectivity index (χ2v) is 7.12. The van der Waals surface area contributed by atoms with E-state index in [-0.39, 0.29) is 18.3 Å². The van der Waals surface area contributed by atoms with E-state index in [1.54, 1.807) is 0 Å². The fourth-order valence-electron chi connectivity index (χ4n) is 2.95. The molecule has 1 aromatic heterocycles. The summed E-state index contributed by atoms with van der Waals surface area (Å²) >= 11 is 1.51. The number of carbonyl (C=O) groups is 1. The number of rotatable bonds is 6. The summed E-state index contributed by atoms with van der Waals surface area (Å²) in [6, 6.07) is 8.42. The van der Waals surface area contributed by atoms with Crippen molar-refractivity contribution in [2.75, 3.05) is 26.7 Å². The highest BCUT2D eigenvalue weighted by molar-refractivity contribution is 7.13. The van der Waals surface area contributed by atoms with E-state index >= 15 is 0 Å². The second-order valence-electron chi connectivity index (χ2n) is 6.27. The van der Waals surface area contributed by atoms with E-state index in [4.69, 9.17) is 4.74 Å². The molecule has 2 heterocycles. The van der Waals surface area contributed by atoms with Crippen LogP contribution in [0.15, 0.2) is 29.6 Å². The number of hydrogen-bond donors (Lipinski definition) is 1. The number of carbonyl (C=O) groups excluding carboxylic acids is 1. The van der Waals surface area contributed by atoms with Crippen LogP contribution < -0.4 is 10.1 Å². The van der Waals surface area contributed by atoms with Crippen molar-refractivity contribution in [3.8, 4) is 16.3 Å². The molecular weight excluding hydrogens is 370 g/mol. The van der Waals surface area contributed by atoms with Crippen molar-refractivity contribution in [1.82, 2.24) is 15.2 Å². The van der Waals surface area contributed by atoms with Crippen molar-refractivity contribution in [2.24, 2.45) is 0 Å². The standard InChI is InChI=1S/C19H25N3O2S.ClH/c1-3-12-24-16-6-4-14(5-7-16)18-21-17(13-25-18)19(23)22-10-8-15(20-2)9-11-22;/h4-7,13,15,20H,3,8-12H2,1-2H3;1H. The average Bonchev–Trinajstić information content (AvgIpc) is 3.16. The van der Waals surface area contributed by atoms with Crippen molar-refractivity contribution in [2.45, 2.75) is 32.2 Å². The molecule has 1 saturated heterocycles. The van der Waals surface area contributed by atoms with Crippen LogP contribution in [-0.4, -0.2) is 48.6 Å². The number of piperidine rings is 1. The van der Waals surface area contributed by atoms with E-state index in [2.05, 4.69) is 17.2 Å². The number of nitrogens with one attached hydrogen (secondary N) is 1. The normalized spacial score (nSPS) is 14.8. The molecule has 26 heavy (non-hydrogen) atoms. The number of halogens is 1. The number of thiazole rings is 1. The summed E-state index contributed by atoms with van der Waals surface area (Å²) in [7, 11) is 1.98. The van der Waals surface area contributed by atoms with E-state index in [1.807, 2.05) is 41.6 Å². The molecule has 1 amide bonds. The van der Waals surface area contributed by atoms with Gasteiger partial charge in [-0.25, -0.2) is 4.98 Å². The summed E-state index contributed by atoms with van der Waals surface area (Å²) < 4.78 is 5.60. The quantitative estimate of drug-likeness (QED) is 0.807. The predicted octanol–water partition coefficient (Wildman–Crippen LogP) is 3.84. The third-order valence-electron chi connectivity index (χ3n) is 4.49. The van der Waals surface area contributed by atoms with Gasteiger partial charge < -0.3 is 15.0 Å². The van der Waals surface area contributed by atoms with Crippen LogP contribution in [-0.2, 0) is 0 Å². The number of aromatic nitrogens is 1. The Hall–Kier alpha value is -1.63. The highest BCUT2D eigenvalue weighted by Gasteiger charge is 2.24. The lowest BCUT2D eigenvalue weighted by Crippen LogP contribution is -2.44. The Balaban J connectivity index is 0.00000243. The lowest BCUT2D eigenvalue weighted by molar-refractivity contribution is 0.0702. The van der Waals surface area contributed by atoms with Crippen LogP contribution in [0.1, 0.15) is 36.7 Å². The molecule has 1 aliphatic heterocycles. The molecule has 0 bridgehead atoms. The molecule has 1 aromatic carbocycles. The SMILES string of the molecule is CCCOc1ccc(-c2nc(C(=O)N3CCC(NC)CC3)cs2)cc1.Cl. The molecule has 1 N–H and O–H groups in total. The monoisotopic (exact) mass is 395 g/mol. The molecular formula is C19H26ClN3O2S. The third-order valence-corrected chi connectivity index (χ3v) is 5.38. The molecule has 142 valence electrons.